The van der Waals surface area contributed by atoms with Gasteiger partial charge in [0.2, 0.25) is 5.91 Å². The summed E-state index contributed by atoms with van der Waals surface area (Å²) in [5, 5.41) is 3.34. The number of carbonyl (C=O) groups is 2. The highest BCUT2D eigenvalue weighted by Crippen LogP contribution is 2.46. The number of carbonyl (C=O) groups excluding carboxylic acids is 2. The van der Waals surface area contributed by atoms with Crippen molar-refractivity contribution < 1.29 is 14.3 Å². The second kappa shape index (κ2) is 6.63. The van der Waals surface area contributed by atoms with E-state index in [9.17, 15) is 9.59 Å². The molecule has 0 aliphatic carbocycles. The molecule has 0 aromatic heterocycles. The monoisotopic (exact) mass is 378 g/mol. The predicted octanol–water partition coefficient (Wildman–Crippen LogP) is 2.19. The van der Waals surface area contributed by atoms with E-state index in [1.165, 1.54) is 0 Å². The number of halogens is 1. The minimum absolute atomic E-state index is 0.0777. The van der Waals surface area contributed by atoms with Gasteiger partial charge in [0.25, 0.3) is 0 Å². The highest BCUT2D eigenvalue weighted by Gasteiger charge is 2.57. The van der Waals surface area contributed by atoms with Crippen molar-refractivity contribution in [1.29, 1.82) is 0 Å². The van der Waals surface area contributed by atoms with E-state index in [2.05, 4.69) is 10.2 Å². The van der Waals surface area contributed by atoms with Gasteiger partial charge in [0, 0.05) is 24.8 Å². The zero-order chi connectivity index (χ0) is 18.3. The number of anilines is 2. The Morgan fingerprint density at radius 2 is 1.92 bits per heavy atom. The molecular formula is C18H23ClN4O3. The number of fused-ring (bicyclic) bond motifs is 2. The van der Waals surface area contributed by atoms with Crippen molar-refractivity contribution in [1.82, 2.24) is 4.90 Å². The Bertz CT molecular complexity index is 727. The molecule has 0 unspecified atom stereocenters. The van der Waals surface area contributed by atoms with E-state index in [1.54, 1.807) is 11.0 Å². The van der Waals surface area contributed by atoms with Gasteiger partial charge in [-0.2, -0.15) is 0 Å². The number of ether oxygens (including phenoxy) is 1. The molecule has 3 N–H and O–H groups in total. The van der Waals surface area contributed by atoms with Gasteiger partial charge in [-0.25, -0.2) is 4.79 Å². The zero-order valence-electron chi connectivity index (χ0n) is 14.5. The third-order valence-electron chi connectivity index (χ3n) is 5.86. The van der Waals surface area contributed by atoms with Crippen molar-refractivity contribution in [2.75, 3.05) is 36.5 Å². The lowest BCUT2D eigenvalue weighted by molar-refractivity contribution is -0.126. The molecule has 1 aromatic rings. The third-order valence-corrected chi connectivity index (χ3v) is 6.17. The molecule has 3 aliphatic heterocycles. The van der Waals surface area contributed by atoms with Crippen LogP contribution in [0.4, 0.5) is 16.2 Å². The molecule has 8 heteroatoms. The van der Waals surface area contributed by atoms with Crippen LogP contribution in [0.25, 0.3) is 0 Å². The van der Waals surface area contributed by atoms with Gasteiger partial charge in [-0.15, -0.1) is 0 Å². The van der Waals surface area contributed by atoms with E-state index < -0.39 is 11.4 Å². The highest BCUT2D eigenvalue weighted by molar-refractivity contribution is 6.34. The quantitative estimate of drug-likeness (QED) is 0.843. The van der Waals surface area contributed by atoms with Gasteiger partial charge in [0.15, 0.2) is 0 Å². The van der Waals surface area contributed by atoms with Crippen molar-refractivity contribution >= 4 is 34.9 Å². The molecule has 3 saturated heterocycles. The summed E-state index contributed by atoms with van der Waals surface area (Å²) in [6.07, 6.45) is 2.92. The fourth-order valence-corrected chi connectivity index (χ4v) is 4.68. The van der Waals surface area contributed by atoms with E-state index in [1.807, 2.05) is 12.1 Å². The van der Waals surface area contributed by atoms with Crippen molar-refractivity contribution in [3.63, 3.8) is 0 Å². The molecule has 3 amide bonds. The highest BCUT2D eigenvalue weighted by atomic mass is 35.5. The first-order valence-electron chi connectivity index (χ1n) is 9.04. The Morgan fingerprint density at radius 3 is 2.54 bits per heavy atom. The van der Waals surface area contributed by atoms with Gasteiger partial charge in [0.05, 0.1) is 23.9 Å². The Kier molecular flexibility index (Phi) is 4.44. The summed E-state index contributed by atoms with van der Waals surface area (Å²) in [7, 11) is 0. The first kappa shape index (κ1) is 17.4. The molecule has 0 spiro atoms. The molecule has 4 rings (SSSR count). The van der Waals surface area contributed by atoms with Crippen LogP contribution in [0.5, 0.6) is 0 Å². The third kappa shape index (κ3) is 2.79. The SMILES string of the molecule is NC(=O)C12CCC(CC1)N2C(=O)Nc1ccc(N2CCOCC2)cc1Cl. The lowest BCUT2D eigenvalue weighted by Gasteiger charge is -2.32. The van der Waals surface area contributed by atoms with Gasteiger partial charge in [-0.1, -0.05) is 11.6 Å². The predicted molar refractivity (Wildman–Crippen MR) is 99.5 cm³/mol. The maximum Gasteiger partial charge on any atom is 0.323 e. The number of primary amides is 1. The van der Waals surface area contributed by atoms with E-state index in [0.29, 0.717) is 36.8 Å². The van der Waals surface area contributed by atoms with Gasteiger partial charge in [0.1, 0.15) is 5.54 Å². The topological polar surface area (TPSA) is 87.9 Å². The molecular weight excluding hydrogens is 356 g/mol. The van der Waals surface area contributed by atoms with Gasteiger partial charge >= 0.3 is 6.03 Å². The van der Waals surface area contributed by atoms with Crippen LogP contribution in [0.15, 0.2) is 18.2 Å². The average molecular weight is 379 g/mol. The van der Waals surface area contributed by atoms with Crippen LogP contribution in [0, 0.1) is 0 Å². The smallest absolute Gasteiger partial charge is 0.323 e. The molecule has 3 aliphatic rings. The number of benzene rings is 1. The Hall–Kier alpha value is -1.99. The number of hydrogen-bond acceptors (Lipinski definition) is 4. The molecule has 0 atom stereocenters. The van der Waals surface area contributed by atoms with E-state index in [0.717, 1.165) is 31.6 Å². The van der Waals surface area contributed by atoms with Gasteiger partial charge in [-0.05, 0) is 43.9 Å². The second-order valence-electron chi connectivity index (χ2n) is 7.19. The fraction of sp³-hybridized carbons (Fsp3) is 0.556. The lowest BCUT2D eigenvalue weighted by atomic mass is 9.87. The summed E-state index contributed by atoms with van der Waals surface area (Å²) in [4.78, 5) is 28.7. The second-order valence-corrected chi connectivity index (χ2v) is 7.60. The minimum Gasteiger partial charge on any atom is -0.378 e. The molecule has 3 fully saturated rings. The zero-order valence-corrected chi connectivity index (χ0v) is 15.3. The standard InChI is InChI=1S/C18H23ClN4O3/c19-14-11-13(22-7-9-26-10-8-22)1-2-15(14)21-17(25)23-12-3-5-18(23,6-4-12)16(20)24/h1-2,11-12H,3-10H2,(H2,20,24)(H,21,25). The lowest BCUT2D eigenvalue weighted by Crippen LogP contribution is -2.55. The number of nitrogens with one attached hydrogen (secondary N) is 1. The Balaban J connectivity index is 1.50. The van der Waals surface area contributed by atoms with Crippen LogP contribution in [0.2, 0.25) is 5.02 Å². The molecule has 3 heterocycles. The summed E-state index contributed by atoms with van der Waals surface area (Å²) >= 11 is 6.40. The van der Waals surface area contributed by atoms with Gasteiger partial charge in [-0.3, -0.25) is 4.79 Å². The number of morpholine rings is 1. The number of amides is 3. The van der Waals surface area contributed by atoms with E-state index in [-0.39, 0.29) is 12.1 Å². The molecule has 140 valence electrons. The summed E-state index contributed by atoms with van der Waals surface area (Å²) in [6.45, 7) is 3.03. The molecule has 0 radical (unpaired) electrons. The van der Waals surface area contributed by atoms with Crippen molar-refractivity contribution in [3.8, 4) is 0 Å². The Morgan fingerprint density at radius 1 is 1.23 bits per heavy atom. The number of hydrogen-bond donors (Lipinski definition) is 2. The van der Waals surface area contributed by atoms with Crippen LogP contribution in [-0.2, 0) is 9.53 Å². The summed E-state index contributed by atoms with van der Waals surface area (Å²) in [5.41, 5.74) is 6.33. The van der Waals surface area contributed by atoms with Crippen molar-refractivity contribution in [2.45, 2.75) is 37.3 Å². The first-order valence-corrected chi connectivity index (χ1v) is 9.41. The minimum atomic E-state index is -0.838. The number of urea groups is 1. The number of nitrogens with zero attached hydrogens (tertiary/aromatic N) is 2. The van der Waals surface area contributed by atoms with Crippen LogP contribution in [0.1, 0.15) is 25.7 Å². The van der Waals surface area contributed by atoms with Crippen LogP contribution < -0.4 is 16.0 Å². The molecule has 26 heavy (non-hydrogen) atoms. The first-order chi connectivity index (χ1) is 12.5. The molecule has 2 bridgehead atoms. The van der Waals surface area contributed by atoms with Crippen LogP contribution >= 0.6 is 11.6 Å². The van der Waals surface area contributed by atoms with Crippen LogP contribution in [0.3, 0.4) is 0 Å². The van der Waals surface area contributed by atoms with Crippen molar-refractivity contribution in [3.05, 3.63) is 23.2 Å². The van der Waals surface area contributed by atoms with Crippen molar-refractivity contribution in [2.24, 2.45) is 5.73 Å². The Labute approximate surface area is 157 Å². The number of nitrogens with two attached hydrogens (primary N) is 1. The maximum atomic E-state index is 12.8. The van der Waals surface area contributed by atoms with E-state index >= 15 is 0 Å². The maximum absolute atomic E-state index is 12.8. The molecule has 7 nitrogen and oxygen atoms in total. The average Bonchev–Trinajstić information content (AvgIpc) is 3.21. The normalized spacial score (nSPS) is 27.7. The number of rotatable bonds is 3. The summed E-state index contributed by atoms with van der Waals surface area (Å²) < 4.78 is 5.36. The molecule has 0 saturated carbocycles. The van der Waals surface area contributed by atoms with Gasteiger partial charge < -0.3 is 25.6 Å². The summed E-state index contributed by atoms with van der Waals surface area (Å²) in [6, 6.07) is 5.37. The summed E-state index contributed by atoms with van der Waals surface area (Å²) in [5.74, 6) is -0.415. The van der Waals surface area contributed by atoms with Crippen LogP contribution in [-0.4, -0.2) is 54.7 Å². The fourth-order valence-electron chi connectivity index (χ4n) is 4.45. The molecule has 1 aromatic carbocycles. The largest absolute Gasteiger partial charge is 0.378 e. The van der Waals surface area contributed by atoms with E-state index in [4.69, 9.17) is 22.1 Å².